The van der Waals surface area contributed by atoms with Crippen LogP contribution in [0.3, 0.4) is 0 Å². The fourth-order valence-corrected chi connectivity index (χ4v) is 1.16. The Morgan fingerprint density at radius 3 is 2.07 bits per heavy atom. The van der Waals surface area contributed by atoms with Crippen LogP contribution in [0.15, 0.2) is 37.0 Å². The maximum absolute atomic E-state index is 3.77. The molecule has 0 aromatic heterocycles. The molecule has 0 heterocycles. The van der Waals surface area contributed by atoms with Crippen LogP contribution in [-0.2, 0) is 0 Å². The van der Waals surface area contributed by atoms with Crippen molar-refractivity contribution in [3.05, 3.63) is 37.0 Å². The van der Waals surface area contributed by atoms with E-state index in [4.69, 9.17) is 0 Å². The Hall–Kier alpha value is -0.780. The first-order valence-corrected chi connectivity index (χ1v) is 5.64. The summed E-state index contributed by atoms with van der Waals surface area (Å²) < 4.78 is 0. The summed E-state index contributed by atoms with van der Waals surface area (Å²) >= 11 is 0. The van der Waals surface area contributed by atoms with Gasteiger partial charge in [-0.05, 0) is 31.1 Å². The first kappa shape index (κ1) is 13.2. The van der Waals surface area contributed by atoms with Gasteiger partial charge in [-0.15, -0.1) is 6.58 Å². The van der Waals surface area contributed by atoms with Gasteiger partial charge in [-0.3, -0.25) is 0 Å². The van der Waals surface area contributed by atoms with E-state index < -0.39 is 0 Å². The Labute approximate surface area is 89.4 Å². The largest absolute Gasteiger partial charge is 0.103 e. The molecule has 0 aliphatic carbocycles. The summed E-state index contributed by atoms with van der Waals surface area (Å²) in [5, 5.41) is 0. The standard InChI is InChI=1S/C14H24/c1-5-7-10-14(4)12-9-8-11-13(3)6-2/h6-10,13-14H,2,5,11-12H2,1,3-4H3. The number of hydrogen-bond donors (Lipinski definition) is 0. The summed E-state index contributed by atoms with van der Waals surface area (Å²) in [5.74, 6) is 1.28. The Kier molecular flexibility index (Phi) is 8.31. The van der Waals surface area contributed by atoms with E-state index in [1.165, 1.54) is 0 Å². The third-order valence-corrected chi connectivity index (χ3v) is 2.29. The van der Waals surface area contributed by atoms with Gasteiger partial charge in [-0.1, -0.05) is 51.2 Å². The lowest BCUT2D eigenvalue weighted by Gasteiger charge is -2.02. The number of allylic oxidation sites excluding steroid dienone is 5. The van der Waals surface area contributed by atoms with E-state index in [1.54, 1.807) is 0 Å². The predicted octanol–water partition coefficient (Wildman–Crippen LogP) is 4.75. The zero-order chi connectivity index (χ0) is 10.8. The SMILES string of the molecule is C=CC(C)CC=CCC(C)C=CCC. The van der Waals surface area contributed by atoms with Gasteiger partial charge in [0.1, 0.15) is 0 Å². The van der Waals surface area contributed by atoms with Crippen LogP contribution >= 0.6 is 0 Å². The summed E-state index contributed by atoms with van der Waals surface area (Å²) in [6.45, 7) is 10.4. The van der Waals surface area contributed by atoms with Crippen molar-refractivity contribution >= 4 is 0 Å². The molecule has 80 valence electrons. The van der Waals surface area contributed by atoms with Gasteiger partial charge in [0, 0.05) is 0 Å². The second-order valence-electron chi connectivity index (χ2n) is 3.97. The molecule has 0 aliphatic rings. The van der Waals surface area contributed by atoms with Crippen LogP contribution in [0.2, 0.25) is 0 Å². The van der Waals surface area contributed by atoms with Gasteiger partial charge in [-0.25, -0.2) is 0 Å². The normalized spacial score (nSPS) is 16.2. The second-order valence-corrected chi connectivity index (χ2v) is 3.97. The van der Waals surface area contributed by atoms with Gasteiger partial charge >= 0.3 is 0 Å². The Morgan fingerprint density at radius 1 is 1.00 bits per heavy atom. The van der Waals surface area contributed by atoms with E-state index in [0.717, 1.165) is 19.3 Å². The first-order chi connectivity index (χ1) is 6.70. The van der Waals surface area contributed by atoms with Crippen molar-refractivity contribution in [1.82, 2.24) is 0 Å². The van der Waals surface area contributed by atoms with Crippen molar-refractivity contribution in [3.8, 4) is 0 Å². The topological polar surface area (TPSA) is 0 Å². The minimum absolute atomic E-state index is 0.604. The lowest BCUT2D eigenvalue weighted by atomic mass is 10.0. The molecule has 0 N–H and O–H groups in total. The van der Waals surface area contributed by atoms with E-state index in [2.05, 4.69) is 51.7 Å². The van der Waals surface area contributed by atoms with Crippen LogP contribution in [-0.4, -0.2) is 0 Å². The highest BCUT2D eigenvalue weighted by Crippen LogP contribution is 2.08. The van der Waals surface area contributed by atoms with Gasteiger partial charge in [0.15, 0.2) is 0 Å². The molecule has 0 nitrogen and oxygen atoms in total. The van der Waals surface area contributed by atoms with Crippen molar-refractivity contribution in [3.63, 3.8) is 0 Å². The Balaban J connectivity index is 3.60. The first-order valence-electron chi connectivity index (χ1n) is 5.64. The molecular formula is C14H24. The average Bonchev–Trinajstić information content (AvgIpc) is 2.21. The molecular weight excluding hydrogens is 168 g/mol. The smallest absolute Gasteiger partial charge is 0.0227 e. The molecule has 0 rings (SSSR count). The highest BCUT2D eigenvalue weighted by Gasteiger charge is 1.93. The van der Waals surface area contributed by atoms with Gasteiger partial charge in [0.05, 0.1) is 0 Å². The maximum atomic E-state index is 3.77. The van der Waals surface area contributed by atoms with E-state index in [-0.39, 0.29) is 0 Å². The van der Waals surface area contributed by atoms with Gasteiger partial charge in [0.25, 0.3) is 0 Å². The molecule has 0 heteroatoms. The molecule has 0 fully saturated rings. The molecule has 0 aromatic rings. The van der Waals surface area contributed by atoms with Crippen LogP contribution in [0.1, 0.15) is 40.0 Å². The zero-order valence-electron chi connectivity index (χ0n) is 9.87. The molecule has 0 amide bonds. The summed E-state index contributed by atoms with van der Waals surface area (Å²) in [4.78, 5) is 0. The third-order valence-electron chi connectivity index (χ3n) is 2.29. The highest BCUT2D eigenvalue weighted by atomic mass is 14.0. The van der Waals surface area contributed by atoms with Gasteiger partial charge in [0.2, 0.25) is 0 Å². The lowest BCUT2D eigenvalue weighted by molar-refractivity contribution is 0.719. The summed E-state index contributed by atoms with van der Waals surface area (Å²) in [7, 11) is 0. The minimum atomic E-state index is 0.604. The third kappa shape index (κ3) is 7.85. The van der Waals surface area contributed by atoms with Crippen LogP contribution in [0.25, 0.3) is 0 Å². The monoisotopic (exact) mass is 192 g/mol. The van der Waals surface area contributed by atoms with E-state index in [1.807, 2.05) is 6.08 Å². The van der Waals surface area contributed by atoms with E-state index in [9.17, 15) is 0 Å². The molecule has 0 radical (unpaired) electrons. The molecule has 0 aromatic carbocycles. The second kappa shape index (κ2) is 8.80. The molecule has 0 spiro atoms. The maximum Gasteiger partial charge on any atom is -0.0227 e. The molecule has 0 bridgehead atoms. The zero-order valence-corrected chi connectivity index (χ0v) is 9.87. The molecule has 2 unspecified atom stereocenters. The quantitative estimate of drug-likeness (QED) is 0.511. The van der Waals surface area contributed by atoms with Crippen LogP contribution in [0, 0.1) is 11.8 Å². The van der Waals surface area contributed by atoms with Crippen molar-refractivity contribution in [2.24, 2.45) is 11.8 Å². The summed E-state index contributed by atoms with van der Waals surface area (Å²) in [6, 6.07) is 0. The average molecular weight is 192 g/mol. The van der Waals surface area contributed by atoms with Crippen LogP contribution < -0.4 is 0 Å². The van der Waals surface area contributed by atoms with Gasteiger partial charge in [-0.2, -0.15) is 0 Å². The highest BCUT2D eigenvalue weighted by molar-refractivity contribution is 4.93. The van der Waals surface area contributed by atoms with Crippen molar-refractivity contribution in [2.45, 2.75) is 40.0 Å². The lowest BCUT2D eigenvalue weighted by Crippen LogP contribution is -1.87. The molecule has 0 aliphatic heterocycles. The fraction of sp³-hybridized carbons (Fsp3) is 0.571. The minimum Gasteiger partial charge on any atom is -0.103 e. The predicted molar refractivity (Wildman–Crippen MR) is 66.3 cm³/mol. The molecule has 0 saturated carbocycles. The van der Waals surface area contributed by atoms with Crippen LogP contribution in [0.5, 0.6) is 0 Å². The Morgan fingerprint density at radius 2 is 1.57 bits per heavy atom. The number of hydrogen-bond acceptors (Lipinski definition) is 0. The fourth-order valence-electron chi connectivity index (χ4n) is 1.16. The van der Waals surface area contributed by atoms with Crippen molar-refractivity contribution in [1.29, 1.82) is 0 Å². The summed E-state index contributed by atoms with van der Waals surface area (Å²) in [5.41, 5.74) is 0. The molecule has 0 saturated heterocycles. The summed E-state index contributed by atoms with van der Waals surface area (Å²) in [6.07, 6.45) is 14.5. The van der Waals surface area contributed by atoms with Crippen LogP contribution in [0.4, 0.5) is 0 Å². The van der Waals surface area contributed by atoms with Crippen molar-refractivity contribution in [2.75, 3.05) is 0 Å². The van der Waals surface area contributed by atoms with Crippen molar-refractivity contribution < 1.29 is 0 Å². The number of rotatable bonds is 7. The van der Waals surface area contributed by atoms with Gasteiger partial charge < -0.3 is 0 Å². The van der Waals surface area contributed by atoms with E-state index >= 15 is 0 Å². The molecule has 14 heavy (non-hydrogen) atoms. The Bertz CT molecular complexity index is 186. The van der Waals surface area contributed by atoms with E-state index in [0.29, 0.717) is 11.8 Å². The molecule has 2 atom stereocenters.